The molecule has 0 atom stereocenters. The number of aromatic nitrogens is 4. The highest BCUT2D eigenvalue weighted by molar-refractivity contribution is 5.93. The summed E-state index contributed by atoms with van der Waals surface area (Å²) in [5.74, 6) is 2.26. The zero-order chi connectivity index (χ0) is 24.0. The topological polar surface area (TPSA) is 91.3 Å². The van der Waals surface area contributed by atoms with E-state index in [0.29, 0.717) is 12.6 Å². The molecule has 3 aromatic heterocycles. The van der Waals surface area contributed by atoms with Gasteiger partial charge in [-0.05, 0) is 38.4 Å². The average molecular weight is 471 g/mol. The number of anilines is 3. The number of nitrogens with one attached hydrogen (secondary N) is 2. The summed E-state index contributed by atoms with van der Waals surface area (Å²) in [5.41, 5.74) is 3.46. The maximum Gasteiger partial charge on any atom is 0.227 e. The SMILES string of the molecule is CN(C)CCOc1ccc(-c2cccc3cnc(Nc4ccc(N5CCNCC5)nc4)nc23)nc1. The van der Waals surface area contributed by atoms with Crippen LogP contribution in [0.3, 0.4) is 0 Å². The van der Waals surface area contributed by atoms with Crippen molar-refractivity contribution in [3.63, 3.8) is 0 Å². The third kappa shape index (κ3) is 5.64. The molecule has 0 unspecified atom stereocenters. The minimum atomic E-state index is 0.519. The molecule has 180 valence electrons. The van der Waals surface area contributed by atoms with Crippen LogP contribution in [-0.4, -0.2) is 78.3 Å². The molecular weight excluding hydrogens is 440 g/mol. The summed E-state index contributed by atoms with van der Waals surface area (Å²) in [6.45, 7) is 5.37. The summed E-state index contributed by atoms with van der Waals surface area (Å²) in [6, 6.07) is 14.0. The first-order chi connectivity index (χ1) is 17.2. The molecule has 0 aliphatic carbocycles. The molecule has 0 amide bonds. The second-order valence-electron chi connectivity index (χ2n) is 8.74. The molecule has 0 spiro atoms. The highest BCUT2D eigenvalue weighted by Gasteiger charge is 2.12. The average Bonchev–Trinajstić information content (AvgIpc) is 2.89. The van der Waals surface area contributed by atoms with Crippen molar-refractivity contribution < 1.29 is 4.74 Å². The Balaban J connectivity index is 1.33. The van der Waals surface area contributed by atoms with Crippen molar-refractivity contribution in [3.8, 4) is 17.0 Å². The van der Waals surface area contributed by atoms with E-state index < -0.39 is 0 Å². The highest BCUT2D eigenvalue weighted by atomic mass is 16.5. The van der Waals surface area contributed by atoms with Crippen molar-refractivity contribution in [1.29, 1.82) is 0 Å². The van der Waals surface area contributed by atoms with Gasteiger partial charge in [-0.2, -0.15) is 0 Å². The Bertz CT molecular complexity index is 1250. The quantitative estimate of drug-likeness (QED) is 0.403. The van der Waals surface area contributed by atoms with Gasteiger partial charge in [-0.15, -0.1) is 0 Å². The van der Waals surface area contributed by atoms with Crippen molar-refractivity contribution >= 4 is 28.4 Å². The monoisotopic (exact) mass is 470 g/mol. The predicted octanol–water partition coefficient (Wildman–Crippen LogP) is 3.18. The van der Waals surface area contributed by atoms with Crippen LogP contribution in [0.25, 0.3) is 22.2 Å². The molecule has 35 heavy (non-hydrogen) atoms. The summed E-state index contributed by atoms with van der Waals surface area (Å²) in [7, 11) is 4.05. The van der Waals surface area contributed by atoms with Gasteiger partial charge in [0.2, 0.25) is 5.95 Å². The fourth-order valence-electron chi connectivity index (χ4n) is 3.96. The minimum Gasteiger partial charge on any atom is -0.491 e. The van der Waals surface area contributed by atoms with Gasteiger partial charge in [0.05, 0.1) is 29.3 Å². The van der Waals surface area contributed by atoms with Gasteiger partial charge >= 0.3 is 0 Å². The van der Waals surface area contributed by atoms with Crippen LogP contribution < -0.4 is 20.3 Å². The molecule has 1 fully saturated rings. The molecule has 9 nitrogen and oxygen atoms in total. The van der Waals surface area contributed by atoms with E-state index in [9.17, 15) is 0 Å². The van der Waals surface area contributed by atoms with E-state index in [-0.39, 0.29) is 0 Å². The number of fused-ring (bicyclic) bond motifs is 1. The van der Waals surface area contributed by atoms with E-state index in [1.807, 2.05) is 69.0 Å². The number of ether oxygens (including phenoxy) is 1. The second kappa shape index (κ2) is 10.6. The number of hydrogen-bond acceptors (Lipinski definition) is 9. The highest BCUT2D eigenvalue weighted by Crippen LogP contribution is 2.28. The number of pyridine rings is 2. The van der Waals surface area contributed by atoms with E-state index in [2.05, 4.69) is 35.4 Å². The molecule has 9 heteroatoms. The summed E-state index contributed by atoms with van der Waals surface area (Å²) in [5, 5.41) is 7.60. The molecule has 0 radical (unpaired) electrons. The van der Waals surface area contributed by atoms with Crippen LogP contribution in [-0.2, 0) is 0 Å². The van der Waals surface area contributed by atoms with E-state index in [4.69, 9.17) is 9.72 Å². The zero-order valence-electron chi connectivity index (χ0n) is 20.1. The molecule has 1 aromatic carbocycles. The summed E-state index contributed by atoms with van der Waals surface area (Å²) < 4.78 is 5.78. The number of rotatable bonds is 8. The van der Waals surface area contributed by atoms with Crippen LogP contribution in [0, 0.1) is 0 Å². The van der Waals surface area contributed by atoms with Gasteiger partial charge in [0.25, 0.3) is 0 Å². The Morgan fingerprint density at radius 1 is 0.971 bits per heavy atom. The molecule has 1 aliphatic rings. The predicted molar refractivity (Wildman–Crippen MR) is 139 cm³/mol. The van der Waals surface area contributed by atoms with Gasteiger partial charge in [-0.1, -0.05) is 18.2 Å². The first kappa shape index (κ1) is 22.9. The molecule has 1 aliphatic heterocycles. The molecule has 4 heterocycles. The van der Waals surface area contributed by atoms with Crippen LogP contribution in [0.4, 0.5) is 17.5 Å². The maximum absolute atomic E-state index is 5.78. The van der Waals surface area contributed by atoms with Gasteiger partial charge in [0.15, 0.2) is 0 Å². The lowest BCUT2D eigenvalue weighted by molar-refractivity contribution is 0.260. The maximum atomic E-state index is 5.78. The number of benzene rings is 1. The van der Waals surface area contributed by atoms with Crippen LogP contribution in [0.15, 0.2) is 61.1 Å². The van der Waals surface area contributed by atoms with E-state index >= 15 is 0 Å². The summed E-state index contributed by atoms with van der Waals surface area (Å²) in [4.78, 5) is 22.9. The number of para-hydroxylation sites is 1. The molecular formula is C26H30N8O. The zero-order valence-corrected chi connectivity index (χ0v) is 20.1. The van der Waals surface area contributed by atoms with Crippen LogP contribution in [0.2, 0.25) is 0 Å². The van der Waals surface area contributed by atoms with Crippen molar-refractivity contribution in [2.45, 2.75) is 0 Å². The van der Waals surface area contributed by atoms with E-state index in [0.717, 1.165) is 72.1 Å². The van der Waals surface area contributed by atoms with E-state index in [1.54, 1.807) is 6.20 Å². The van der Waals surface area contributed by atoms with Gasteiger partial charge in [-0.3, -0.25) is 4.98 Å². The number of likely N-dealkylation sites (N-methyl/N-ethyl adjacent to an activating group) is 1. The number of nitrogens with zero attached hydrogens (tertiary/aromatic N) is 6. The van der Waals surface area contributed by atoms with Crippen molar-refractivity contribution in [2.75, 3.05) is 63.6 Å². The molecule has 0 saturated carbocycles. The first-order valence-electron chi connectivity index (χ1n) is 11.8. The van der Waals surface area contributed by atoms with Crippen molar-refractivity contribution in [2.24, 2.45) is 0 Å². The van der Waals surface area contributed by atoms with Crippen molar-refractivity contribution in [1.82, 2.24) is 30.2 Å². The van der Waals surface area contributed by atoms with Crippen LogP contribution in [0.5, 0.6) is 5.75 Å². The number of piperazine rings is 1. The Kier molecular flexibility index (Phi) is 6.97. The molecule has 0 bridgehead atoms. The standard InChI is InChI=1S/C26H30N8O/c1-33(2)14-15-35-21-7-8-23(28-18-21)22-5-3-4-19-16-30-26(32-25(19)22)31-20-6-9-24(29-17-20)34-12-10-27-11-13-34/h3-9,16-18,27H,10-15H2,1-2H3,(H,30,31,32). The van der Waals surface area contributed by atoms with Crippen LogP contribution >= 0.6 is 0 Å². The Hall–Kier alpha value is -3.82. The minimum absolute atomic E-state index is 0.519. The van der Waals surface area contributed by atoms with Gasteiger partial charge in [0, 0.05) is 49.9 Å². The van der Waals surface area contributed by atoms with Gasteiger partial charge in [0.1, 0.15) is 18.2 Å². The molecule has 2 N–H and O–H groups in total. The smallest absolute Gasteiger partial charge is 0.227 e. The van der Waals surface area contributed by atoms with E-state index in [1.165, 1.54) is 0 Å². The lowest BCUT2D eigenvalue weighted by Crippen LogP contribution is -2.43. The van der Waals surface area contributed by atoms with Gasteiger partial charge < -0.3 is 25.2 Å². The lowest BCUT2D eigenvalue weighted by atomic mass is 10.1. The Morgan fingerprint density at radius 3 is 2.60 bits per heavy atom. The fourth-order valence-corrected chi connectivity index (χ4v) is 3.96. The Morgan fingerprint density at radius 2 is 1.86 bits per heavy atom. The molecule has 5 rings (SSSR count). The van der Waals surface area contributed by atoms with Crippen LogP contribution in [0.1, 0.15) is 0 Å². The number of hydrogen-bond donors (Lipinski definition) is 2. The lowest BCUT2D eigenvalue weighted by Gasteiger charge is -2.28. The summed E-state index contributed by atoms with van der Waals surface area (Å²) in [6.07, 6.45) is 5.42. The largest absolute Gasteiger partial charge is 0.491 e. The third-order valence-corrected chi connectivity index (χ3v) is 5.88. The van der Waals surface area contributed by atoms with Gasteiger partial charge in [-0.25, -0.2) is 15.0 Å². The normalized spacial score (nSPS) is 13.9. The molecule has 4 aromatic rings. The summed E-state index contributed by atoms with van der Waals surface area (Å²) >= 11 is 0. The molecule has 1 saturated heterocycles. The second-order valence-corrected chi connectivity index (χ2v) is 8.74. The third-order valence-electron chi connectivity index (χ3n) is 5.88. The Labute approximate surface area is 205 Å². The van der Waals surface area contributed by atoms with Crippen molar-refractivity contribution in [3.05, 3.63) is 61.1 Å². The fraction of sp³-hybridized carbons (Fsp3) is 0.308. The first-order valence-corrected chi connectivity index (χ1v) is 11.8.